The second-order valence-corrected chi connectivity index (χ2v) is 6.12. The SMILES string of the molecule is CCO[Si](OCC)(OCC)OC(=O)CCOCC1CO1. The first-order chi connectivity index (χ1) is 9.65. The molecular weight excluding hydrogens is 284 g/mol. The summed E-state index contributed by atoms with van der Waals surface area (Å²) in [6.07, 6.45) is 0.323. The normalized spacial score (nSPS) is 18.1. The molecule has 1 unspecified atom stereocenters. The van der Waals surface area contributed by atoms with Crippen molar-refractivity contribution in [3.63, 3.8) is 0 Å². The fourth-order valence-electron chi connectivity index (χ4n) is 1.47. The number of carbonyl (C=O) groups excluding carboxylic acids is 1. The van der Waals surface area contributed by atoms with Crippen LogP contribution >= 0.6 is 0 Å². The van der Waals surface area contributed by atoms with Gasteiger partial charge in [-0.1, -0.05) is 0 Å². The lowest BCUT2D eigenvalue weighted by atomic mass is 10.4. The van der Waals surface area contributed by atoms with E-state index < -0.39 is 15.0 Å². The predicted molar refractivity (Wildman–Crippen MR) is 71.9 cm³/mol. The highest BCUT2D eigenvalue weighted by molar-refractivity contribution is 6.55. The Kier molecular flexibility index (Phi) is 8.27. The van der Waals surface area contributed by atoms with Crippen LogP contribution in [0.5, 0.6) is 0 Å². The van der Waals surface area contributed by atoms with E-state index in [0.717, 1.165) is 6.61 Å². The number of carbonyl (C=O) groups is 1. The molecule has 20 heavy (non-hydrogen) atoms. The van der Waals surface area contributed by atoms with Crippen LogP contribution in [0.15, 0.2) is 0 Å². The Bertz CT molecular complexity index is 266. The van der Waals surface area contributed by atoms with Crippen molar-refractivity contribution in [2.24, 2.45) is 0 Å². The van der Waals surface area contributed by atoms with Crippen LogP contribution in [0.3, 0.4) is 0 Å². The summed E-state index contributed by atoms with van der Waals surface area (Å²) >= 11 is 0. The number of rotatable bonds is 12. The van der Waals surface area contributed by atoms with Gasteiger partial charge >= 0.3 is 9.05 Å². The Morgan fingerprint density at radius 2 is 1.70 bits per heavy atom. The monoisotopic (exact) mass is 308 g/mol. The molecule has 0 aliphatic carbocycles. The molecular formula is C12H24O7Si. The van der Waals surface area contributed by atoms with E-state index in [1.165, 1.54) is 0 Å². The van der Waals surface area contributed by atoms with Gasteiger partial charge in [0.2, 0.25) is 0 Å². The fourth-order valence-corrected chi connectivity index (χ4v) is 3.34. The molecule has 7 nitrogen and oxygen atoms in total. The summed E-state index contributed by atoms with van der Waals surface area (Å²) in [6, 6.07) is 0. The average molecular weight is 308 g/mol. The Morgan fingerprint density at radius 3 is 2.15 bits per heavy atom. The van der Waals surface area contributed by atoms with Gasteiger partial charge in [0.15, 0.2) is 0 Å². The maximum Gasteiger partial charge on any atom is 0.751 e. The molecule has 118 valence electrons. The molecule has 1 saturated heterocycles. The van der Waals surface area contributed by atoms with E-state index in [0.29, 0.717) is 26.4 Å². The van der Waals surface area contributed by atoms with Gasteiger partial charge < -0.3 is 27.2 Å². The third-order valence-electron chi connectivity index (χ3n) is 2.36. The maximum absolute atomic E-state index is 11.8. The predicted octanol–water partition coefficient (Wildman–Crippen LogP) is 0.880. The molecule has 1 fully saturated rings. The van der Waals surface area contributed by atoms with E-state index in [4.69, 9.17) is 27.2 Å². The Hall–Kier alpha value is -0.513. The minimum absolute atomic E-state index is 0.134. The van der Waals surface area contributed by atoms with Gasteiger partial charge in [0.1, 0.15) is 6.10 Å². The summed E-state index contributed by atoms with van der Waals surface area (Å²) in [5.41, 5.74) is 0. The number of hydrogen-bond donors (Lipinski definition) is 0. The number of epoxide rings is 1. The molecule has 0 amide bonds. The highest BCUT2D eigenvalue weighted by atomic mass is 28.4. The van der Waals surface area contributed by atoms with Gasteiger partial charge in [-0.15, -0.1) is 0 Å². The molecule has 0 radical (unpaired) electrons. The van der Waals surface area contributed by atoms with Crippen LogP contribution in [-0.4, -0.2) is 60.8 Å². The summed E-state index contributed by atoms with van der Waals surface area (Å²) < 4.78 is 31.9. The minimum Gasteiger partial charge on any atom is -0.452 e. The molecule has 1 aliphatic heterocycles. The van der Waals surface area contributed by atoms with Crippen molar-refractivity contribution in [2.75, 3.05) is 39.6 Å². The van der Waals surface area contributed by atoms with Crippen molar-refractivity contribution in [3.8, 4) is 0 Å². The van der Waals surface area contributed by atoms with Crippen LogP contribution in [0, 0.1) is 0 Å². The van der Waals surface area contributed by atoms with E-state index in [1.807, 2.05) is 0 Å². The molecule has 0 aromatic rings. The molecule has 0 aromatic carbocycles. The van der Waals surface area contributed by atoms with E-state index in [2.05, 4.69) is 0 Å². The minimum atomic E-state index is -3.36. The highest BCUT2D eigenvalue weighted by Gasteiger charge is 2.49. The van der Waals surface area contributed by atoms with Gasteiger partial charge in [0.25, 0.3) is 5.97 Å². The molecule has 1 rings (SSSR count). The zero-order valence-electron chi connectivity index (χ0n) is 12.4. The largest absolute Gasteiger partial charge is 0.751 e. The average Bonchev–Trinajstić information content (AvgIpc) is 3.19. The zero-order valence-corrected chi connectivity index (χ0v) is 13.4. The first kappa shape index (κ1) is 17.5. The lowest BCUT2D eigenvalue weighted by molar-refractivity contribution is -0.145. The number of hydrogen-bond acceptors (Lipinski definition) is 7. The second-order valence-electron chi connectivity index (χ2n) is 4.05. The number of ether oxygens (including phenoxy) is 2. The summed E-state index contributed by atoms with van der Waals surface area (Å²) in [5.74, 6) is -0.441. The summed E-state index contributed by atoms with van der Waals surface area (Å²) in [7, 11) is -3.36. The zero-order chi connectivity index (χ0) is 14.8. The van der Waals surface area contributed by atoms with Crippen molar-refractivity contribution in [3.05, 3.63) is 0 Å². The van der Waals surface area contributed by atoms with E-state index in [-0.39, 0.29) is 19.1 Å². The van der Waals surface area contributed by atoms with Crippen LogP contribution < -0.4 is 0 Å². The third kappa shape index (κ3) is 6.78. The quantitative estimate of drug-likeness (QED) is 0.301. The van der Waals surface area contributed by atoms with Gasteiger partial charge in [-0.3, -0.25) is 4.79 Å². The van der Waals surface area contributed by atoms with Crippen molar-refractivity contribution in [2.45, 2.75) is 33.3 Å². The Labute approximate surface area is 120 Å². The lowest BCUT2D eigenvalue weighted by Gasteiger charge is -2.25. The summed E-state index contributed by atoms with van der Waals surface area (Å²) in [5, 5.41) is 0. The molecule has 0 N–H and O–H groups in total. The molecule has 0 bridgehead atoms. The van der Waals surface area contributed by atoms with E-state index in [1.54, 1.807) is 20.8 Å². The summed E-state index contributed by atoms with van der Waals surface area (Å²) in [6.45, 7) is 8.00. The first-order valence-electron chi connectivity index (χ1n) is 6.98. The fraction of sp³-hybridized carbons (Fsp3) is 0.917. The first-order valence-corrected chi connectivity index (χ1v) is 8.62. The molecule has 0 aromatic heterocycles. The van der Waals surface area contributed by atoms with Crippen LogP contribution in [0.2, 0.25) is 0 Å². The van der Waals surface area contributed by atoms with Gasteiger partial charge in [0, 0.05) is 19.8 Å². The summed E-state index contributed by atoms with van der Waals surface area (Å²) in [4.78, 5) is 11.8. The molecule has 1 heterocycles. The Balaban J connectivity index is 2.33. The van der Waals surface area contributed by atoms with Gasteiger partial charge in [-0.05, 0) is 20.8 Å². The molecule has 0 saturated carbocycles. The smallest absolute Gasteiger partial charge is 0.452 e. The highest BCUT2D eigenvalue weighted by Crippen LogP contribution is 2.13. The van der Waals surface area contributed by atoms with E-state index >= 15 is 0 Å². The second kappa shape index (κ2) is 9.43. The van der Waals surface area contributed by atoms with E-state index in [9.17, 15) is 4.79 Å². The van der Waals surface area contributed by atoms with Crippen molar-refractivity contribution in [1.29, 1.82) is 0 Å². The topological polar surface area (TPSA) is 75.8 Å². The van der Waals surface area contributed by atoms with Gasteiger partial charge in [-0.25, -0.2) is 0 Å². The maximum atomic E-state index is 11.8. The molecule has 1 aliphatic rings. The van der Waals surface area contributed by atoms with Gasteiger partial charge in [-0.2, -0.15) is 0 Å². The van der Waals surface area contributed by atoms with Crippen LogP contribution in [0.25, 0.3) is 0 Å². The van der Waals surface area contributed by atoms with Crippen LogP contribution in [0.4, 0.5) is 0 Å². The van der Waals surface area contributed by atoms with Crippen molar-refractivity contribution < 1.29 is 32.0 Å². The van der Waals surface area contributed by atoms with Crippen molar-refractivity contribution in [1.82, 2.24) is 0 Å². The van der Waals surface area contributed by atoms with Gasteiger partial charge in [0.05, 0.1) is 26.2 Å². The molecule has 1 atom stereocenters. The molecule has 8 heteroatoms. The van der Waals surface area contributed by atoms with Crippen LogP contribution in [0.1, 0.15) is 27.2 Å². The van der Waals surface area contributed by atoms with Crippen LogP contribution in [-0.2, 0) is 32.0 Å². The standard InChI is InChI=1S/C12H24O7Si/c1-4-16-20(17-5-2,18-6-3)19-12(13)7-8-14-9-11-10-15-11/h11H,4-10H2,1-3H3. The lowest BCUT2D eigenvalue weighted by Crippen LogP contribution is -2.50. The van der Waals surface area contributed by atoms with Crippen molar-refractivity contribution >= 4 is 15.0 Å². The third-order valence-corrected chi connectivity index (χ3v) is 4.76. The Morgan fingerprint density at radius 1 is 1.15 bits per heavy atom. The molecule has 0 spiro atoms.